The predicted octanol–water partition coefficient (Wildman–Crippen LogP) is 5.67. The van der Waals surface area contributed by atoms with Crippen LogP contribution in [0.5, 0.6) is 17.2 Å². The second-order valence-corrected chi connectivity index (χ2v) is 11.0. The number of hydrazone groups is 1. The first kappa shape index (κ1) is 32.6. The Bertz CT molecular complexity index is 1650. The molecule has 0 saturated carbocycles. The van der Waals surface area contributed by atoms with E-state index in [1.54, 1.807) is 61.5 Å². The molecule has 0 aliphatic carbocycles. The van der Waals surface area contributed by atoms with Gasteiger partial charge >= 0.3 is 12.0 Å². The zero-order chi connectivity index (χ0) is 31.8. The van der Waals surface area contributed by atoms with Gasteiger partial charge in [-0.2, -0.15) is 5.10 Å². The first-order valence-corrected chi connectivity index (χ1v) is 14.5. The van der Waals surface area contributed by atoms with Crippen LogP contribution in [0.25, 0.3) is 0 Å². The molecular weight excluding hydrogens is 679 g/mol. The molecule has 0 unspecified atom stereocenters. The first-order chi connectivity index (χ1) is 21.1. The summed E-state index contributed by atoms with van der Waals surface area (Å²) in [5, 5.41) is 10.3. The van der Waals surface area contributed by atoms with E-state index in [2.05, 4.69) is 37.1 Å². The third kappa shape index (κ3) is 8.22. The minimum absolute atomic E-state index is 0.247. The van der Waals surface area contributed by atoms with Crippen LogP contribution in [0.1, 0.15) is 29.7 Å². The molecule has 0 bridgehead atoms. The van der Waals surface area contributed by atoms with Crippen LogP contribution in [0.15, 0.2) is 75.4 Å². The van der Waals surface area contributed by atoms with Crippen LogP contribution in [-0.4, -0.2) is 44.9 Å². The fourth-order valence-electron chi connectivity index (χ4n) is 4.17. The van der Waals surface area contributed by atoms with E-state index in [0.29, 0.717) is 42.8 Å². The summed E-state index contributed by atoms with van der Waals surface area (Å²) in [7, 11) is 2.69. The molecule has 0 saturated heterocycles. The molecule has 0 radical (unpaired) electrons. The number of esters is 1. The lowest BCUT2D eigenvalue weighted by Crippen LogP contribution is -2.45. The summed E-state index contributed by atoms with van der Waals surface area (Å²) in [6, 6.07) is 14.1. The monoisotopic (exact) mass is 704 g/mol. The third-order valence-electron chi connectivity index (χ3n) is 6.31. The fourth-order valence-corrected chi connectivity index (χ4v) is 5.14. The van der Waals surface area contributed by atoms with Gasteiger partial charge in [0.05, 0.1) is 36.5 Å². The average molecular weight is 706 g/mol. The Morgan fingerprint density at radius 2 is 1.80 bits per heavy atom. The Labute approximate surface area is 271 Å². The molecule has 3 aromatic carbocycles. The number of benzene rings is 3. The van der Waals surface area contributed by atoms with Gasteiger partial charge in [-0.25, -0.2) is 15.0 Å². The zero-order valence-electron chi connectivity index (χ0n) is 23.7. The molecule has 3 aromatic rings. The molecular formula is C30H27BrCl2N4O7. The Balaban J connectivity index is 1.33. The average Bonchev–Trinajstić information content (AvgIpc) is 2.99. The van der Waals surface area contributed by atoms with Crippen LogP contribution in [0, 0.1) is 0 Å². The van der Waals surface area contributed by atoms with Crippen LogP contribution in [0.2, 0.25) is 10.0 Å². The number of urea groups is 1. The number of allylic oxidation sites excluding steroid dienone is 1. The quantitative estimate of drug-likeness (QED) is 0.133. The summed E-state index contributed by atoms with van der Waals surface area (Å²) in [5.74, 6) is 0.0613. The van der Waals surface area contributed by atoms with Crippen molar-refractivity contribution in [1.82, 2.24) is 16.1 Å². The van der Waals surface area contributed by atoms with Crippen molar-refractivity contribution < 1.29 is 33.3 Å². The number of nitrogens with zero attached hydrogens (tertiary/aromatic N) is 1. The second kappa shape index (κ2) is 15.0. The number of hydrogen-bond donors (Lipinski definition) is 3. The van der Waals surface area contributed by atoms with E-state index in [1.165, 1.54) is 20.4 Å². The maximum absolute atomic E-state index is 12.4. The lowest BCUT2D eigenvalue weighted by Gasteiger charge is -2.28. The Morgan fingerprint density at radius 3 is 2.50 bits per heavy atom. The number of nitrogens with one attached hydrogen (secondary N) is 3. The topological polar surface area (TPSA) is 137 Å². The van der Waals surface area contributed by atoms with Crippen molar-refractivity contribution in [1.29, 1.82) is 0 Å². The van der Waals surface area contributed by atoms with Gasteiger partial charge in [-0.3, -0.25) is 4.79 Å². The number of ether oxygens (including phenoxy) is 4. The Hall–Kier alpha value is -4.26. The molecule has 1 heterocycles. The highest BCUT2D eigenvalue weighted by atomic mass is 79.9. The largest absolute Gasteiger partial charge is 0.493 e. The van der Waals surface area contributed by atoms with Gasteiger partial charge < -0.3 is 29.6 Å². The number of carbonyl (C=O) groups is 3. The van der Waals surface area contributed by atoms with E-state index in [4.69, 9.17) is 42.1 Å². The highest BCUT2D eigenvalue weighted by Crippen LogP contribution is 2.34. The highest BCUT2D eigenvalue weighted by molar-refractivity contribution is 9.10. The molecule has 0 aromatic heterocycles. The smallest absolute Gasteiger partial charge is 0.337 e. The maximum atomic E-state index is 12.4. The highest BCUT2D eigenvalue weighted by Gasteiger charge is 2.32. The molecule has 44 heavy (non-hydrogen) atoms. The van der Waals surface area contributed by atoms with Gasteiger partial charge in [-0.05, 0) is 76.4 Å². The van der Waals surface area contributed by atoms with Gasteiger partial charge in [0, 0.05) is 21.3 Å². The lowest BCUT2D eigenvalue weighted by molar-refractivity contribution is -0.136. The van der Waals surface area contributed by atoms with Crippen molar-refractivity contribution >= 4 is 63.3 Å². The van der Waals surface area contributed by atoms with Gasteiger partial charge in [0.2, 0.25) is 0 Å². The SMILES string of the molecule is COC(=O)C1=C(C)NC(=O)N[C@@H]1c1ccc(OCC(=O)N/N=C\c2ccc(OCc3ccc(Cl)cc3Cl)c(Br)c2)c(OC)c1. The third-order valence-corrected chi connectivity index (χ3v) is 7.52. The Morgan fingerprint density at radius 1 is 1.02 bits per heavy atom. The normalized spacial score (nSPS) is 14.5. The summed E-state index contributed by atoms with van der Waals surface area (Å²) in [5.41, 5.74) is 5.08. The first-order valence-electron chi connectivity index (χ1n) is 12.9. The predicted molar refractivity (Wildman–Crippen MR) is 168 cm³/mol. The number of halogens is 3. The summed E-state index contributed by atoms with van der Waals surface area (Å²) in [6.45, 7) is 1.51. The molecule has 14 heteroatoms. The molecule has 0 spiro atoms. The summed E-state index contributed by atoms with van der Waals surface area (Å²) in [6.07, 6.45) is 1.47. The van der Waals surface area contributed by atoms with Gasteiger partial charge in [-0.15, -0.1) is 0 Å². The molecule has 11 nitrogen and oxygen atoms in total. The van der Waals surface area contributed by atoms with Gasteiger partial charge in [0.1, 0.15) is 12.4 Å². The van der Waals surface area contributed by atoms with Crippen molar-refractivity contribution in [2.45, 2.75) is 19.6 Å². The van der Waals surface area contributed by atoms with E-state index in [0.717, 1.165) is 5.56 Å². The van der Waals surface area contributed by atoms with Gasteiger partial charge in [0.25, 0.3) is 5.91 Å². The van der Waals surface area contributed by atoms with E-state index in [1.807, 2.05) is 0 Å². The standard InChI is InChI=1S/C30H27BrCl2N4O7/c1-16-27(29(39)42-3)28(36-30(40)35-16)18-6-9-24(25(11-18)41-2)44-15-26(38)37-34-13-17-4-8-23(21(31)10-17)43-14-19-5-7-20(32)12-22(19)33/h4-13,28H,14-15H2,1-3H3,(H,37,38)(H2,35,36,40)/b34-13-/t28-/m1/s1. The minimum atomic E-state index is -0.778. The van der Waals surface area contributed by atoms with Crippen LogP contribution in [0.4, 0.5) is 4.79 Å². The molecule has 0 fully saturated rings. The molecule has 1 aliphatic rings. The fraction of sp³-hybridized carbons (Fsp3) is 0.200. The number of methoxy groups -OCH3 is 2. The second-order valence-electron chi connectivity index (χ2n) is 9.27. The van der Waals surface area contributed by atoms with Crippen molar-refractivity contribution in [2.24, 2.45) is 5.10 Å². The summed E-state index contributed by atoms with van der Waals surface area (Å²) < 4.78 is 22.5. The van der Waals surface area contributed by atoms with Gasteiger partial charge in [-0.1, -0.05) is 35.3 Å². The Kier molecular flexibility index (Phi) is 11.1. The van der Waals surface area contributed by atoms with E-state index in [-0.39, 0.29) is 24.5 Å². The molecule has 1 atom stereocenters. The molecule has 3 N–H and O–H groups in total. The number of amides is 3. The van der Waals surface area contributed by atoms with Crippen LogP contribution < -0.4 is 30.3 Å². The molecule has 1 aliphatic heterocycles. The van der Waals surface area contributed by atoms with Crippen molar-refractivity contribution in [2.75, 3.05) is 20.8 Å². The van der Waals surface area contributed by atoms with Crippen LogP contribution in [0.3, 0.4) is 0 Å². The van der Waals surface area contributed by atoms with Crippen LogP contribution >= 0.6 is 39.1 Å². The maximum Gasteiger partial charge on any atom is 0.337 e. The van der Waals surface area contributed by atoms with Crippen LogP contribution in [-0.2, 0) is 20.9 Å². The van der Waals surface area contributed by atoms with E-state index in [9.17, 15) is 14.4 Å². The number of carbonyl (C=O) groups excluding carboxylic acids is 3. The van der Waals surface area contributed by atoms with E-state index >= 15 is 0 Å². The molecule has 230 valence electrons. The van der Waals surface area contributed by atoms with Crippen molar-refractivity contribution in [3.63, 3.8) is 0 Å². The van der Waals surface area contributed by atoms with Crippen molar-refractivity contribution in [3.05, 3.63) is 97.1 Å². The summed E-state index contributed by atoms with van der Waals surface area (Å²) >= 11 is 15.6. The summed E-state index contributed by atoms with van der Waals surface area (Å²) in [4.78, 5) is 36.8. The zero-order valence-corrected chi connectivity index (χ0v) is 26.8. The number of hydrogen-bond acceptors (Lipinski definition) is 8. The number of rotatable bonds is 11. The van der Waals surface area contributed by atoms with Gasteiger partial charge in [0.15, 0.2) is 18.1 Å². The minimum Gasteiger partial charge on any atom is -0.493 e. The lowest BCUT2D eigenvalue weighted by atomic mass is 9.95. The van der Waals surface area contributed by atoms with Crippen molar-refractivity contribution in [3.8, 4) is 17.2 Å². The molecule has 4 rings (SSSR count). The molecule has 3 amide bonds. The van der Waals surface area contributed by atoms with E-state index < -0.39 is 23.9 Å².